The van der Waals surface area contributed by atoms with Crippen molar-refractivity contribution in [1.29, 1.82) is 0 Å². The van der Waals surface area contributed by atoms with Crippen molar-refractivity contribution in [2.24, 2.45) is 0 Å². The molecule has 2 N–H and O–H groups in total. The Morgan fingerprint density at radius 2 is 2.15 bits per heavy atom. The molecule has 1 heterocycles. The summed E-state index contributed by atoms with van der Waals surface area (Å²) in [5.74, 6) is 0.355. The number of aryl methyl sites for hydroxylation is 1. The van der Waals surface area contributed by atoms with E-state index in [1.54, 1.807) is 19.2 Å². The first-order valence-corrected chi connectivity index (χ1v) is 8.32. The molecule has 1 aromatic heterocycles. The number of pyridine rings is 1. The lowest BCUT2D eigenvalue weighted by Gasteiger charge is -2.18. The SMILES string of the molecule is Cc1cccc(NS(=O)(=O)N(C)CCCNC2CC2)n1. The minimum absolute atomic E-state index is 0.355. The van der Waals surface area contributed by atoms with Crippen LogP contribution in [0.15, 0.2) is 18.2 Å². The van der Waals surface area contributed by atoms with Gasteiger partial charge in [-0.1, -0.05) is 6.07 Å². The van der Waals surface area contributed by atoms with Crippen LogP contribution in [0.3, 0.4) is 0 Å². The first-order valence-electron chi connectivity index (χ1n) is 6.88. The predicted octanol–water partition coefficient (Wildman–Crippen LogP) is 1.12. The molecular weight excluding hydrogens is 276 g/mol. The van der Waals surface area contributed by atoms with E-state index in [2.05, 4.69) is 15.0 Å². The van der Waals surface area contributed by atoms with E-state index in [0.717, 1.165) is 18.7 Å². The van der Waals surface area contributed by atoms with Crippen LogP contribution in [0.25, 0.3) is 0 Å². The predicted molar refractivity (Wildman–Crippen MR) is 79.8 cm³/mol. The molecule has 1 saturated carbocycles. The van der Waals surface area contributed by atoms with Gasteiger partial charge in [-0.3, -0.25) is 4.72 Å². The van der Waals surface area contributed by atoms with E-state index in [1.165, 1.54) is 17.1 Å². The Morgan fingerprint density at radius 3 is 2.80 bits per heavy atom. The van der Waals surface area contributed by atoms with Crippen LogP contribution in [0.1, 0.15) is 25.0 Å². The first-order chi connectivity index (χ1) is 9.47. The number of rotatable bonds is 8. The molecule has 1 aliphatic rings. The topological polar surface area (TPSA) is 74.3 Å². The average Bonchev–Trinajstić information content (AvgIpc) is 3.17. The summed E-state index contributed by atoms with van der Waals surface area (Å²) in [7, 11) is -1.94. The number of aromatic nitrogens is 1. The summed E-state index contributed by atoms with van der Waals surface area (Å²) in [6.07, 6.45) is 3.29. The summed E-state index contributed by atoms with van der Waals surface area (Å²) in [5, 5.41) is 3.37. The third kappa shape index (κ3) is 4.73. The maximum Gasteiger partial charge on any atom is 0.302 e. The summed E-state index contributed by atoms with van der Waals surface area (Å²) < 4.78 is 28.0. The van der Waals surface area contributed by atoms with Crippen molar-refractivity contribution in [1.82, 2.24) is 14.6 Å². The van der Waals surface area contributed by atoms with Crippen LogP contribution in [0.4, 0.5) is 5.82 Å². The fourth-order valence-electron chi connectivity index (χ4n) is 1.83. The Labute approximate surface area is 120 Å². The summed E-state index contributed by atoms with van der Waals surface area (Å²) >= 11 is 0. The van der Waals surface area contributed by atoms with Crippen LogP contribution in [-0.4, -0.2) is 43.9 Å². The van der Waals surface area contributed by atoms with Gasteiger partial charge in [-0.25, -0.2) is 4.98 Å². The third-order valence-electron chi connectivity index (χ3n) is 3.19. The Hall–Kier alpha value is -1.18. The molecule has 7 heteroatoms. The van der Waals surface area contributed by atoms with Gasteiger partial charge in [0.25, 0.3) is 0 Å². The van der Waals surface area contributed by atoms with Gasteiger partial charge < -0.3 is 5.32 Å². The smallest absolute Gasteiger partial charge is 0.302 e. The lowest BCUT2D eigenvalue weighted by Crippen LogP contribution is -2.35. The van der Waals surface area contributed by atoms with Gasteiger partial charge in [0, 0.05) is 25.3 Å². The zero-order valence-corrected chi connectivity index (χ0v) is 12.8. The molecule has 0 aromatic carbocycles. The molecule has 2 rings (SSSR count). The third-order valence-corrected chi connectivity index (χ3v) is 4.66. The number of anilines is 1. The molecule has 0 bridgehead atoms. The minimum atomic E-state index is -3.52. The highest BCUT2D eigenvalue weighted by Crippen LogP contribution is 2.18. The van der Waals surface area contributed by atoms with Crippen LogP contribution in [0.5, 0.6) is 0 Å². The van der Waals surface area contributed by atoms with Crippen molar-refractivity contribution in [3.05, 3.63) is 23.9 Å². The van der Waals surface area contributed by atoms with E-state index in [9.17, 15) is 8.42 Å². The zero-order chi connectivity index (χ0) is 14.6. The maximum atomic E-state index is 12.1. The molecule has 0 aliphatic heterocycles. The Balaban J connectivity index is 1.81. The molecule has 0 radical (unpaired) electrons. The second-order valence-corrected chi connectivity index (χ2v) is 6.95. The number of hydrogen-bond acceptors (Lipinski definition) is 4. The van der Waals surface area contributed by atoms with Gasteiger partial charge in [-0.05, 0) is 44.9 Å². The average molecular weight is 298 g/mol. The first kappa shape index (κ1) is 15.2. The zero-order valence-electron chi connectivity index (χ0n) is 12.0. The standard InChI is InChI=1S/C13H22N4O2S/c1-11-5-3-6-13(15-11)16-20(18,19)17(2)10-4-9-14-12-7-8-12/h3,5-6,12,14H,4,7-10H2,1-2H3,(H,15,16). The van der Waals surface area contributed by atoms with Crippen molar-refractivity contribution < 1.29 is 8.42 Å². The monoisotopic (exact) mass is 298 g/mol. The van der Waals surface area contributed by atoms with Gasteiger partial charge in [-0.2, -0.15) is 12.7 Å². The quantitative estimate of drug-likeness (QED) is 0.705. The maximum absolute atomic E-state index is 12.1. The lowest BCUT2D eigenvalue weighted by molar-refractivity contribution is 0.457. The molecule has 1 fully saturated rings. The van der Waals surface area contributed by atoms with Crippen molar-refractivity contribution >= 4 is 16.0 Å². The van der Waals surface area contributed by atoms with Gasteiger partial charge in [0.1, 0.15) is 5.82 Å². The second kappa shape index (κ2) is 6.51. The van der Waals surface area contributed by atoms with E-state index >= 15 is 0 Å². The molecule has 112 valence electrons. The lowest BCUT2D eigenvalue weighted by atomic mass is 10.4. The van der Waals surface area contributed by atoms with Gasteiger partial charge in [0.2, 0.25) is 0 Å². The van der Waals surface area contributed by atoms with Crippen LogP contribution >= 0.6 is 0 Å². The highest BCUT2D eigenvalue weighted by molar-refractivity contribution is 7.90. The fraction of sp³-hybridized carbons (Fsp3) is 0.615. The van der Waals surface area contributed by atoms with E-state index in [0.29, 0.717) is 18.4 Å². The molecule has 0 atom stereocenters. The van der Waals surface area contributed by atoms with E-state index < -0.39 is 10.2 Å². The van der Waals surface area contributed by atoms with Crippen LogP contribution in [0.2, 0.25) is 0 Å². The molecule has 0 saturated heterocycles. The van der Waals surface area contributed by atoms with Crippen LogP contribution in [-0.2, 0) is 10.2 Å². The van der Waals surface area contributed by atoms with Gasteiger partial charge in [0.05, 0.1) is 0 Å². The van der Waals surface area contributed by atoms with E-state index in [4.69, 9.17) is 0 Å². The normalized spacial score (nSPS) is 15.6. The van der Waals surface area contributed by atoms with Crippen molar-refractivity contribution in [3.8, 4) is 0 Å². The summed E-state index contributed by atoms with van der Waals surface area (Å²) in [4.78, 5) is 4.14. The molecule has 1 aliphatic carbocycles. The molecular formula is C13H22N4O2S. The number of hydrogen-bond donors (Lipinski definition) is 2. The second-order valence-electron chi connectivity index (χ2n) is 5.17. The van der Waals surface area contributed by atoms with Gasteiger partial charge in [0.15, 0.2) is 0 Å². The molecule has 0 unspecified atom stereocenters. The van der Waals surface area contributed by atoms with Crippen LogP contribution < -0.4 is 10.0 Å². The summed E-state index contributed by atoms with van der Waals surface area (Å²) in [6, 6.07) is 5.91. The highest BCUT2D eigenvalue weighted by atomic mass is 32.2. The molecule has 20 heavy (non-hydrogen) atoms. The molecule has 0 amide bonds. The van der Waals surface area contributed by atoms with Crippen molar-refractivity contribution in [3.63, 3.8) is 0 Å². The number of nitrogens with zero attached hydrogens (tertiary/aromatic N) is 2. The van der Waals surface area contributed by atoms with E-state index in [-0.39, 0.29) is 0 Å². The summed E-state index contributed by atoms with van der Waals surface area (Å²) in [5.41, 5.74) is 0.779. The summed E-state index contributed by atoms with van der Waals surface area (Å²) in [6.45, 7) is 3.17. The highest BCUT2D eigenvalue weighted by Gasteiger charge is 2.21. The Morgan fingerprint density at radius 1 is 1.40 bits per heavy atom. The van der Waals surface area contributed by atoms with Crippen molar-refractivity contribution in [2.75, 3.05) is 24.9 Å². The van der Waals surface area contributed by atoms with E-state index in [1.807, 2.05) is 13.0 Å². The Kier molecular flexibility index (Phi) is 4.95. The molecule has 1 aromatic rings. The largest absolute Gasteiger partial charge is 0.314 e. The molecule has 0 spiro atoms. The van der Waals surface area contributed by atoms with Gasteiger partial charge >= 0.3 is 10.2 Å². The minimum Gasteiger partial charge on any atom is -0.314 e. The van der Waals surface area contributed by atoms with Crippen molar-refractivity contribution in [2.45, 2.75) is 32.2 Å². The molecule has 6 nitrogen and oxygen atoms in total. The fourth-order valence-corrected chi connectivity index (χ4v) is 2.73. The number of nitrogens with one attached hydrogen (secondary N) is 2. The Bertz CT molecular complexity index is 543. The van der Waals surface area contributed by atoms with Gasteiger partial charge in [-0.15, -0.1) is 0 Å². The van der Waals surface area contributed by atoms with Crippen LogP contribution in [0, 0.1) is 6.92 Å².